The number of aryl methyl sites for hydroxylation is 2. The van der Waals surface area contributed by atoms with Gasteiger partial charge in [-0.15, -0.1) is 12.4 Å². The van der Waals surface area contributed by atoms with Gasteiger partial charge < -0.3 is 19.4 Å². The third kappa shape index (κ3) is 5.13. The molecule has 0 bridgehead atoms. The maximum absolute atomic E-state index is 6.46. The molecule has 6 nitrogen and oxygen atoms in total. The number of H-pyrrole nitrogens is 1. The van der Waals surface area contributed by atoms with Crippen molar-refractivity contribution in [1.29, 1.82) is 0 Å². The number of benzene rings is 1. The minimum Gasteiger partial charge on any atom is -0.383 e. The zero-order valence-corrected chi connectivity index (χ0v) is 19.2. The van der Waals surface area contributed by atoms with E-state index in [9.17, 15) is 0 Å². The Balaban J connectivity index is 0.00000300. The molecular weight excluding hydrogens is 435 g/mol. The summed E-state index contributed by atoms with van der Waals surface area (Å²) in [6, 6.07) is 5.46. The number of aromatic amines is 1. The summed E-state index contributed by atoms with van der Waals surface area (Å²) >= 11 is 12.5. The first-order valence-corrected chi connectivity index (χ1v) is 9.77. The fourth-order valence-corrected chi connectivity index (χ4v) is 3.74. The molecule has 0 radical (unpaired) electrons. The summed E-state index contributed by atoms with van der Waals surface area (Å²) in [7, 11) is 3.38. The molecule has 29 heavy (non-hydrogen) atoms. The number of rotatable bonds is 8. The maximum atomic E-state index is 6.46. The standard InChI is InChI=1S/C20H24Cl2N4O2.ClH/c1-12-17-19(18(23-12)15-6-5-14(21)11-16(15)22)24-13(2)25-20(17)26(7-9-27-3)8-10-28-4;/h5-6,11,23H,7-10H2,1-4H3;1H. The molecule has 1 aromatic carbocycles. The highest BCUT2D eigenvalue weighted by atomic mass is 35.5. The molecule has 0 spiro atoms. The van der Waals surface area contributed by atoms with E-state index in [1.165, 1.54) is 0 Å². The minimum atomic E-state index is 0. The second-order valence-corrected chi connectivity index (χ2v) is 7.38. The second kappa shape index (κ2) is 10.5. The molecule has 0 fully saturated rings. The maximum Gasteiger partial charge on any atom is 0.142 e. The molecule has 0 aliphatic rings. The molecule has 0 amide bonds. The van der Waals surface area contributed by atoms with E-state index < -0.39 is 0 Å². The van der Waals surface area contributed by atoms with Gasteiger partial charge in [0, 0.05) is 43.6 Å². The van der Waals surface area contributed by atoms with E-state index >= 15 is 0 Å². The molecule has 0 saturated carbocycles. The van der Waals surface area contributed by atoms with E-state index in [0.717, 1.165) is 33.7 Å². The number of hydrogen-bond acceptors (Lipinski definition) is 5. The normalized spacial score (nSPS) is 11.0. The average molecular weight is 460 g/mol. The lowest BCUT2D eigenvalue weighted by molar-refractivity contribution is 0.190. The van der Waals surface area contributed by atoms with Gasteiger partial charge >= 0.3 is 0 Å². The SMILES string of the molecule is COCCN(CCOC)c1nc(C)nc2c(-c3ccc(Cl)cc3Cl)[nH]c(C)c12.Cl. The van der Waals surface area contributed by atoms with Gasteiger partial charge in [0.1, 0.15) is 17.2 Å². The van der Waals surface area contributed by atoms with Gasteiger partial charge in [-0.1, -0.05) is 23.2 Å². The Kier molecular flexibility index (Phi) is 8.55. The van der Waals surface area contributed by atoms with Gasteiger partial charge in [-0.2, -0.15) is 0 Å². The smallest absolute Gasteiger partial charge is 0.142 e. The molecule has 0 aliphatic carbocycles. The average Bonchev–Trinajstić information content (AvgIpc) is 2.97. The largest absolute Gasteiger partial charge is 0.383 e. The van der Waals surface area contributed by atoms with E-state index in [-0.39, 0.29) is 12.4 Å². The Bertz CT molecular complexity index is 970. The lowest BCUT2D eigenvalue weighted by Crippen LogP contribution is -2.31. The predicted molar refractivity (Wildman–Crippen MR) is 122 cm³/mol. The first-order chi connectivity index (χ1) is 13.5. The Hall–Kier alpha value is -1.57. The monoisotopic (exact) mass is 458 g/mol. The fourth-order valence-electron chi connectivity index (χ4n) is 3.24. The lowest BCUT2D eigenvalue weighted by atomic mass is 10.1. The fraction of sp³-hybridized carbons (Fsp3) is 0.400. The number of aromatic nitrogens is 3. The van der Waals surface area contributed by atoms with Crippen molar-refractivity contribution in [3.05, 3.63) is 39.8 Å². The van der Waals surface area contributed by atoms with Gasteiger partial charge in [-0.3, -0.25) is 0 Å². The van der Waals surface area contributed by atoms with Crippen LogP contribution in [0.2, 0.25) is 10.0 Å². The predicted octanol–water partition coefficient (Wildman–Crippen LogP) is 5.07. The van der Waals surface area contributed by atoms with Crippen molar-refractivity contribution in [2.75, 3.05) is 45.4 Å². The molecule has 3 aromatic rings. The summed E-state index contributed by atoms with van der Waals surface area (Å²) in [6.07, 6.45) is 0. The molecular formula is C20H25Cl3N4O2. The summed E-state index contributed by atoms with van der Waals surface area (Å²) in [5.41, 5.74) is 3.53. The summed E-state index contributed by atoms with van der Waals surface area (Å²) in [6.45, 7) is 6.49. The molecule has 158 valence electrons. The van der Waals surface area contributed by atoms with Crippen LogP contribution >= 0.6 is 35.6 Å². The number of fused-ring (bicyclic) bond motifs is 1. The summed E-state index contributed by atoms with van der Waals surface area (Å²) in [5, 5.41) is 2.14. The van der Waals surface area contributed by atoms with Gasteiger partial charge in [0.2, 0.25) is 0 Å². The number of hydrogen-bond donors (Lipinski definition) is 1. The van der Waals surface area contributed by atoms with Crippen LogP contribution in [0.3, 0.4) is 0 Å². The van der Waals surface area contributed by atoms with E-state index in [1.54, 1.807) is 20.3 Å². The van der Waals surface area contributed by atoms with Crippen molar-refractivity contribution in [2.24, 2.45) is 0 Å². The summed E-state index contributed by atoms with van der Waals surface area (Å²) in [4.78, 5) is 15.1. The number of anilines is 1. The highest BCUT2D eigenvalue weighted by molar-refractivity contribution is 6.36. The third-order valence-corrected chi connectivity index (χ3v) is 5.10. The Labute approximate surface area is 186 Å². The number of nitrogens with one attached hydrogen (secondary N) is 1. The van der Waals surface area contributed by atoms with Gasteiger partial charge in [0.25, 0.3) is 0 Å². The second-order valence-electron chi connectivity index (χ2n) is 6.54. The number of nitrogens with zero attached hydrogens (tertiary/aromatic N) is 3. The van der Waals surface area contributed by atoms with Crippen LogP contribution in [0.15, 0.2) is 18.2 Å². The van der Waals surface area contributed by atoms with E-state index in [2.05, 4.69) is 9.88 Å². The molecule has 9 heteroatoms. The topological polar surface area (TPSA) is 63.3 Å². The molecule has 0 unspecified atom stereocenters. The van der Waals surface area contributed by atoms with Crippen molar-refractivity contribution in [2.45, 2.75) is 13.8 Å². The van der Waals surface area contributed by atoms with Crippen LogP contribution in [0.25, 0.3) is 22.2 Å². The zero-order chi connectivity index (χ0) is 20.3. The van der Waals surface area contributed by atoms with Gasteiger partial charge in [0.15, 0.2) is 0 Å². The van der Waals surface area contributed by atoms with Crippen molar-refractivity contribution >= 4 is 52.3 Å². The van der Waals surface area contributed by atoms with Crippen LogP contribution in [0.4, 0.5) is 5.82 Å². The molecule has 0 saturated heterocycles. The summed E-state index contributed by atoms with van der Waals surface area (Å²) in [5.74, 6) is 1.55. The minimum absolute atomic E-state index is 0. The molecule has 1 N–H and O–H groups in total. The van der Waals surface area contributed by atoms with Crippen molar-refractivity contribution in [1.82, 2.24) is 15.0 Å². The molecule has 2 heterocycles. The van der Waals surface area contributed by atoms with Gasteiger partial charge in [-0.25, -0.2) is 9.97 Å². The van der Waals surface area contributed by atoms with Gasteiger partial charge in [0.05, 0.1) is 29.3 Å². The first kappa shape index (κ1) is 23.7. The number of halogens is 3. The Morgan fingerprint density at radius 2 is 1.69 bits per heavy atom. The van der Waals surface area contributed by atoms with E-state index in [0.29, 0.717) is 42.2 Å². The van der Waals surface area contributed by atoms with Crippen molar-refractivity contribution in [3.8, 4) is 11.3 Å². The van der Waals surface area contributed by atoms with Crippen LogP contribution in [0.1, 0.15) is 11.5 Å². The highest BCUT2D eigenvalue weighted by Gasteiger charge is 2.21. The van der Waals surface area contributed by atoms with E-state index in [4.69, 9.17) is 42.6 Å². The Morgan fingerprint density at radius 3 is 2.28 bits per heavy atom. The third-order valence-electron chi connectivity index (χ3n) is 4.56. The first-order valence-electron chi connectivity index (χ1n) is 9.01. The number of methoxy groups -OCH3 is 2. The van der Waals surface area contributed by atoms with Gasteiger partial charge in [-0.05, 0) is 32.0 Å². The van der Waals surface area contributed by atoms with Crippen molar-refractivity contribution in [3.63, 3.8) is 0 Å². The van der Waals surface area contributed by atoms with Crippen LogP contribution in [-0.4, -0.2) is 55.5 Å². The van der Waals surface area contributed by atoms with Crippen molar-refractivity contribution < 1.29 is 9.47 Å². The van der Waals surface area contributed by atoms with Crippen LogP contribution in [0, 0.1) is 13.8 Å². The highest BCUT2D eigenvalue weighted by Crippen LogP contribution is 2.38. The summed E-state index contributed by atoms with van der Waals surface area (Å²) < 4.78 is 10.6. The lowest BCUT2D eigenvalue weighted by Gasteiger charge is -2.24. The molecule has 2 aromatic heterocycles. The van der Waals surface area contributed by atoms with Crippen LogP contribution < -0.4 is 4.90 Å². The molecule has 0 aliphatic heterocycles. The Morgan fingerprint density at radius 1 is 1.03 bits per heavy atom. The molecule has 3 rings (SSSR count). The molecule has 0 atom stereocenters. The van der Waals surface area contributed by atoms with Crippen LogP contribution in [-0.2, 0) is 9.47 Å². The number of ether oxygens (including phenoxy) is 2. The quantitative estimate of drug-likeness (QED) is 0.509. The zero-order valence-electron chi connectivity index (χ0n) is 16.9. The van der Waals surface area contributed by atoms with Crippen LogP contribution in [0.5, 0.6) is 0 Å². The van der Waals surface area contributed by atoms with E-state index in [1.807, 2.05) is 26.0 Å².